The van der Waals surface area contributed by atoms with Gasteiger partial charge in [-0.2, -0.15) is 0 Å². The largest absolute Gasteiger partial charge is 0.503 e. The minimum absolute atomic E-state index is 0.111. The molecule has 0 saturated carbocycles. The Morgan fingerprint density at radius 2 is 1.91 bits per heavy atom. The SMILES string of the molecule is CN1CC2CCN(Cc3ccc(F)cc3)C(=O)C2=C(O)C1=O. The number of likely N-dealkylation sites (N-methyl/N-ethyl adjacent to an activating group) is 1. The fourth-order valence-electron chi connectivity index (χ4n) is 3.05. The van der Waals surface area contributed by atoms with Gasteiger partial charge in [0, 0.05) is 32.6 Å². The lowest BCUT2D eigenvalue weighted by molar-refractivity contribution is -0.136. The molecule has 116 valence electrons. The molecule has 0 bridgehead atoms. The van der Waals surface area contributed by atoms with Gasteiger partial charge in [-0.05, 0) is 24.1 Å². The highest BCUT2D eigenvalue weighted by Crippen LogP contribution is 2.31. The van der Waals surface area contributed by atoms with Crippen LogP contribution in [0.25, 0.3) is 0 Å². The number of hydrogen-bond donors (Lipinski definition) is 1. The van der Waals surface area contributed by atoms with Crippen molar-refractivity contribution in [3.8, 4) is 0 Å². The number of halogens is 1. The highest BCUT2D eigenvalue weighted by Gasteiger charge is 2.40. The van der Waals surface area contributed by atoms with Crippen molar-refractivity contribution in [1.29, 1.82) is 0 Å². The summed E-state index contributed by atoms with van der Waals surface area (Å²) in [6.45, 7) is 1.35. The van der Waals surface area contributed by atoms with E-state index in [-0.39, 0.29) is 23.2 Å². The van der Waals surface area contributed by atoms with Crippen molar-refractivity contribution >= 4 is 11.8 Å². The van der Waals surface area contributed by atoms with E-state index in [0.29, 0.717) is 26.1 Å². The van der Waals surface area contributed by atoms with E-state index in [1.54, 1.807) is 24.1 Å². The molecule has 5 nitrogen and oxygen atoms in total. The van der Waals surface area contributed by atoms with Crippen LogP contribution in [0.3, 0.4) is 0 Å². The van der Waals surface area contributed by atoms with Crippen LogP contribution in [0.5, 0.6) is 0 Å². The average Bonchev–Trinajstić information content (AvgIpc) is 2.50. The number of amides is 2. The van der Waals surface area contributed by atoms with E-state index in [9.17, 15) is 19.1 Å². The van der Waals surface area contributed by atoms with Crippen LogP contribution in [0.2, 0.25) is 0 Å². The Kier molecular flexibility index (Phi) is 3.60. The number of likely N-dealkylation sites (tertiary alicyclic amines) is 1. The molecule has 22 heavy (non-hydrogen) atoms. The van der Waals surface area contributed by atoms with Gasteiger partial charge in [-0.3, -0.25) is 9.59 Å². The van der Waals surface area contributed by atoms with Crippen LogP contribution in [-0.2, 0) is 16.1 Å². The molecule has 1 fully saturated rings. The van der Waals surface area contributed by atoms with E-state index in [1.807, 2.05) is 0 Å². The van der Waals surface area contributed by atoms with Crippen LogP contribution < -0.4 is 0 Å². The van der Waals surface area contributed by atoms with Crippen LogP contribution in [0.1, 0.15) is 12.0 Å². The van der Waals surface area contributed by atoms with E-state index in [2.05, 4.69) is 0 Å². The number of benzene rings is 1. The molecule has 1 aromatic rings. The zero-order valence-corrected chi connectivity index (χ0v) is 12.3. The van der Waals surface area contributed by atoms with Gasteiger partial charge < -0.3 is 14.9 Å². The lowest BCUT2D eigenvalue weighted by Gasteiger charge is -2.38. The first-order valence-electron chi connectivity index (χ1n) is 7.19. The molecule has 0 radical (unpaired) electrons. The standard InChI is InChI=1S/C16H17FN2O3/c1-18-9-11-6-7-19(8-10-2-4-12(17)5-3-10)15(21)13(11)14(20)16(18)22/h2-5,11,20H,6-9H2,1H3. The Labute approximate surface area is 127 Å². The fraction of sp³-hybridized carbons (Fsp3) is 0.375. The Bertz CT molecular complexity index is 654. The summed E-state index contributed by atoms with van der Waals surface area (Å²) < 4.78 is 12.9. The number of aliphatic hydroxyl groups is 1. The van der Waals surface area contributed by atoms with E-state index >= 15 is 0 Å². The number of piperidine rings is 1. The summed E-state index contributed by atoms with van der Waals surface area (Å²) in [5, 5.41) is 10.0. The minimum atomic E-state index is -0.511. The Hall–Kier alpha value is -2.37. The first-order chi connectivity index (χ1) is 10.5. The number of carbonyl (C=O) groups is 2. The van der Waals surface area contributed by atoms with E-state index in [4.69, 9.17) is 0 Å². The summed E-state index contributed by atoms with van der Waals surface area (Å²) in [4.78, 5) is 27.4. The zero-order chi connectivity index (χ0) is 15.9. The topological polar surface area (TPSA) is 60.9 Å². The first kappa shape index (κ1) is 14.6. The molecule has 0 aliphatic carbocycles. The molecular formula is C16H17FN2O3. The van der Waals surface area contributed by atoms with Gasteiger partial charge in [0.15, 0.2) is 5.76 Å². The molecule has 6 heteroatoms. The van der Waals surface area contributed by atoms with Crippen LogP contribution in [-0.4, -0.2) is 46.9 Å². The van der Waals surface area contributed by atoms with Crippen molar-refractivity contribution < 1.29 is 19.1 Å². The van der Waals surface area contributed by atoms with Crippen molar-refractivity contribution in [3.63, 3.8) is 0 Å². The van der Waals surface area contributed by atoms with Gasteiger partial charge in [-0.1, -0.05) is 12.1 Å². The summed E-state index contributed by atoms with van der Waals surface area (Å²) in [7, 11) is 1.62. The zero-order valence-electron chi connectivity index (χ0n) is 12.3. The second kappa shape index (κ2) is 5.44. The molecular weight excluding hydrogens is 287 g/mol. The number of hydrogen-bond acceptors (Lipinski definition) is 3. The second-order valence-corrected chi connectivity index (χ2v) is 5.79. The third kappa shape index (κ3) is 2.45. The lowest BCUT2D eigenvalue weighted by Crippen LogP contribution is -2.49. The van der Waals surface area contributed by atoms with Gasteiger partial charge in [0.05, 0.1) is 5.57 Å². The number of fused-ring (bicyclic) bond motifs is 1. The molecule has 2 amide bonds. The third-order valence-electron chi connectivity index (χ3n) is 4.26. The molecule has 1 saturated heterocycles. The number of rotatable bonds is 2. The summed E-state index contributed by atoms with van der Waals surface area (Å²) in [6, 6.07) is 5.95. The van der Waals surface area contributed by atoms with Crippen LogP contribution in [0.15, 0.2) is 35.6 Å². The van der Waals surface area contributed by atoms with Gasteiger partial charge in [0.1, 0.15) is 5.82 Å². The fourth-order valence-corrected chi connectivity index (χ4v) is 3.05. The maximum atomic E-state index is 12.9. The summed E-state index contributed by atoms with van der Waals surface area (Å²) in [6.07, 6.45) is 0.698. The molecule has 0 aromatic heterocycles. The monoisotopic (exact) mass is 304 g/mol. The second-order valence-electron chi connectivity index (χ2n) is 5.79. The Morgan fingerprint density at radius 1 is 1.23 bits per heavy atom. The van der Waals surface area contributed by atoms with E-state index < -0.39 is 11.7 Å². The normalized spacial score (nSPS) is 22.2. The first-order valence-corrected chi connectivity index (χ1v) is 7.19. The number of carbonyl (C=O) groups excluding carboxylic acids is 2. The Morgan fingerprint density at radius 3 is 2.59 bits per heavy atom. The summed E-state index contributed by atoms with van der Waals surface area (Å²) in [5.74, 6) is -1.69. The molecule has 0 spiro atoms. The molecule has 3 rings (SSSR count). The maximum Gasteiger partial charge on any atom is 0.288 e. The van der Waals surface area contributed by atoms with Gasteiger partial charge in [0.2, 0.25) is 0 Å². The Balaban J connectivity index is 1.83. The van der Waals surface area contributed by atoms with Crippen LogP contribution in [0.4, 0.5) is 4.39 Å². The van der Waals surface area contributed by atoms with Gasteiger partial charge in [-0.15, -0.1) is 0 Å². The smallest absolute Gasteiger partial charge is 0.288 e. The lowest BCUT2D eigenvalue weighted by atomic mass is 9.86. The highest BCUT2D eigenvalue weighted by atomic mass is 19.1. The van der Waals surface area contributed by atoms with Crippen LogP contribution >= 0.6 is 0 Å². The quantitative estimate of drug-likeness (QED) is 0.900. The summed E-state index contributed by atoms with van der Waals surface area (Å²) >= 11 is 0. The van der Waals surface area contributed by atoms with Gasteiger partial charge in [-0.25, -0.2) is 4.39 Å². The predicted molar refractivity (Wildman–Crippen MR) is 77.2 cm³/mol. The van der Waals surface area contributed by atoms with Crippen molar-refractivity contribution in [2.45, 2.75) is 13.0 Å². The average molecular weight is 304 g/mol. The van der Waals surface area contributed by atoms with Crippen molar-refractivity contribution in [3.05, 3.63) is 47.0 Å². The van der Waals surface area contributed by atoms with Gasteiger partial charge in [0.25, 0.3) is 11.8 Å². The molecule has 2 aliphatic rings. The number of aliphatic hydroxyl groups excluding tert-OH is 1. The predicted octanol–water partition coefficient (Wildman–Crippen LogP) is 1.46. The molecule has 1 N–H and O–H groups in total. The van der Waals surface area contributed by atoms with Gasteiger partial charge >= 0.3 is 0 Å². The third-order valence-corrected chi connectivity index (χ3v) is 4.26. The van der Waals surface area contributed by atoms with E-state index in [1.165, 1.54) is 17.0 Å². The minimum Gasteiger partial charge on any atom is -0.503 e. The van der Waals surface area contributed by atoms with Crippen LogP contribution in [0, 0.1) is 11.7 Å². The molecule has 2 aliphatic heterocycles. The maximum absolute atomic E-state index is 12.9. The van der Waals surface area contributed by atoms with Crippen molar-refractivity contribution in [2.75, 3.05) is 20.1 Å². The molecule has 1 atom stereocenters. The molecule has 2 heterocycles. The van der Waals surface area contributed by atoms with E-state index in [0.717, 1.165) is 5.56 Å². The van der Waals surface area contributed by atoms with Crippen molar-refractivity contribution in [1.82, 2.24) is 9.80 Å². The van der Waals surface area contributed by atoms with Crippen molar-refractivity contribution in [2.24, 2.45) is 5.92 Å². The molecule has 1 aromatic carbocycles. The highest BCUT2D eigenvalue weighted by molar-refractivity contribution is 6.05. The summed E-state index contributed by atoms with van der Waals surface area (Å²) in [5.41, 5.74) is 1.03. The molecule has 1 unspecified atom stereocenters. The number of nitrogens with zero attached hydrogens (tertiary/aromatic N) is 2.